The van der Waals surface area contributed by atoms with Crippen molar-refractivity contribution in [2.45, 2.75) is 44.4 Å². The molecule has 1 heterocycles. The van der Waals surface area contributed by atoms with Gasteiger partial charge < -0.3 is 5.73 Å². The number of unbranched alkanes of at least 4 members (excludes halogenated alkanes) is 1. The number of hydrogen-bond acceptors (Lipinski definition) is 3. The molecule has 0 saturated carbocycles. The van der Waals surface area contributed by atoms with Crippen molar-refractivity contribution >= 4 is 11.8 Å². The standard InChI is InChI=1S/C13H22N2S/c1-3-5-10-16-13(12(14)4-2)11-6-8-15-9-7-11/h6-9,12-13H,3-5,10,14H2,1-2H3. The highest BCUT2D eigenvalue weighted by Crippen LogP contribution is 2.32. The van der Waals surface area contributed by atoms with E-state index in [1.807, 2.05) is 24.2 Å². The van der Waals surface area contributed by atoms with Crippen molar-refractivity contribution in [1.82, 2.24) is 4.98 Å². The van der Waals surface area contributed by atoms with Gasteiger partial charge in [-0.3, -0.25) is 4.98 Å². The quantitative estimate of drug-likeness (QED) is 0.740. The maximum atomic E-state index is 6.19. The van der Waals surface area contributed by atoms with Gasteiger partial charge in [-0.05, 0) is 36.3 Å². The van der Waals surface area contributed by atoms with E-state index < -0.39 is 0 Å². The van der Waals surface area contributed by atoms with Crippen LogP contribution in [0.1, 0.15) is 43.9 Å². The first-order chi connectivity index (χ1) is 7.79. The molecule has 90 valence electrons. The zero-order valence-electron chi connectivity index (χ0n) is 10.2. The minimum Gasteiger partial charge on any atom is -0.326 e. The Morgan fingerprint density at radius 1 is 1.31 bits per heavy atom. The molecule has 16 heavy (non-hydrogen) atoms. The van der Waals surface area contributed by atoms with Crippen molar-refractivity contribution in [2.75, 3.05) is 5.75 Å². The number of rotatable bonds is 7. The van der Waals surface area contributed by atoms with E-state index in [9.17, 15) is 0 Å². The molecule has 0 aliphatic carbocycles. The third-order valence-electron chi connectivity index (χ3n) is 2.69. The number of aromatic nitrogens is 1. The molecule has 2 nitrogen and oxygen atoms in total. The van der Waals surface area contributed by atoms with Gasteiger partial charge in [0.15, 0.2) is 0 Å². The summed E-state index contributed by atoms with van der Waals surface area (Å²) in [5, 5.41) is 0.416. The van der Waals surface area contributed by atoms with Gasteiger partial charge >= 0.3 is 0 Å². The van der Waals surface area contributed by atoms with E-state index >= 15 is 0 Å². The maximum Gasteiger partial charge on any atom is 0.0449 e. The van der Waals surface area contributed by atoms with Crippen molar-refractivity contribution < 1.29 is 0 Å². The van der Waals surface area contributed by atoms with Gasteiger partial charge in [0.25, 0.3) is 0 Å². The van der Waals surface area contributed by atoms with Crippen molar-refractivity contribution in [3.8, 4) is 0 Å². The zero-order valence-corrected chi connectivity index (χ0v) is 11.0. The fourth-order valence-electron chi connectivity index (χ4n) is 1.59. The molecule has 1 aromatic rings. The van der Waals surface area contributed by atoms with Gasteiger partial charge in [-0.25, -0.2) is 0 Å². The summed E-state index contributed by atoms with van der Waals surface area (Å²) in [6.45, 7) is 4.38. The van der Waals surface area contributed by atoms with Gasteiger partial charge in [0.2, 0.25) is 0 Å². The summed E-state index contributed by atoms with van der Waals surface area (Å²) in [6, 6.07) is 4.40. The van der Waals surface area contributed by atoms with Gasteiger partial charge in [0.05, 0.1) is 0 Å². The Morgan fingerprint density at radius 2 is 2.00 bits per heavy atom. The van der Waals surface area contributed by atoms with Crippen LogP contribution in [-0.2, 0) is 0 Å². The molecule has 0 aromatic carbocycles. The van der Waals surface area contributed by atoms with Crippen LogP contribution in [0.25, 0.3) is 0 Å². The first kappa shape index (κ1) is 13.5. The second-order valence-corrected chi connectivity index (χ2v) is 5.25. The van der Waals surface area contributed by atoms with Gasteiger partial charge in [0, 0.05) is 23.7 Å². The summed E-state index contributed by atoms with van der Waals surface area (Å²) < 4.78 is 0. The first-order valence-corrected chi connectivity index (χ1v) is 7.11. The molecule has 0 bridgehead atoms. The normalized spacial score (nSPS) is 14.7. The van der Waals surface area contributed by atoms with Crippen molar-refractivity contribution in [2.24, 2.45) is 5.73 Å². The highest BCUT2D eigenvalue weighted by Gasteiger charge is 2.18. The van der Waals surface area contributed by atoms with E-state index in [4.69, 9.17) is 5.73 Å². The van der Waals surface area contributed by atoms with Crippen LogP contribution in [0.2, 0.25) is 0 Å². The molecule has 0 saturated heterocycles. The van der Waals surface area contributed by atoms with Crippen LogP contribution in [0, 0.1) is 0 Å². The first-order valence-electron chi connectivity index (χ1n) is 6.06. The van der Waals surface area contributed by atoms with Crippen LogP contribution in [-0.4, -0.2) is 16.8 Å². The Kier molecular flexibility index (Phi) is 6.50. The fourth-order valence-corrected chi connectivity index (χ4v) is 3.09. The number of nitrogens with two attached hydrogens (primary N) is 1. The molecule has 1 aromatic heterocycles. The van der Waals surface area contributed by atoms with Crippen molar-refractivity contribution in [1.29, 1.82) is 0 Å². The Hall–Kier alpha value is -0.540. The number of thioether (sulfide) groups is 1. The average molecular weight is 238 g/mol. The summed E-state index contributed by atoms with van der Waals surface area (Å²) >= 11 is 1.98. The van der Waals surface area contributed by atoms with Crippen LogP contribution in [0.5, 0.6) is 0 Å². The lowest BCUT2D eigenvalue weighted by Gasteiger charge is -2.22. The predicted octanol–water partition coefficient (Wildman–Crippen LogP) is 3.39. The molecular formula is C13H22N2S. The molecule has 2 N–H and O–H groups in total. The third kappa shape index (κ3) is 4.14. The largest absolute Gasteiger partial charge is 0.326 e. The van der Waals surface area contributed by atoms with Gasteiger partial charge in [0.1, 0.15) is 0 Å². The average Bonchev–Trinajstić information content (AvgIpc) is 2.35. The van der Waals surface area contributed by atoms with Crippen molar-refractivity contribution in [3.63, 3.8) is 0 Å². The molecule has 1 rings (SSSR count). The third-order valence-corrected chi connectivity index (χ3v) is 4.20. The van der Waals surface area contributed by atoms with E-state index in [1.165, 1.54) is 24.2 Å². The SMILES string of the molecule is CCCCSC(c1ccncc1)C(N)CC. The Morgan fingerprint density at radius 3 is 2.56 bits per heavy atom. The molecule has 0 aliphatic heterocycles. The lowest BCUT2D eigenvalue weighted by atomic mass is 10.1. The summed E-state index contributed by atoms with van der Waals surface area (Å²) in [5.74, 6) is 1.19. The summed E-state index contributed by atoms with van der Waals surface area (Å²) in [5.41, 5.74) is 7.50. The molecule has 3 heteroatoms. The number of pyridine rings is 1. The van der Waals surface area contributed by atoms with Crippen LogP contribution < -0.4 is 5.73 Å². The Labute approximate surface area is 103 Å². The second kappa shape index (κ2) is 7.69. The summed E-state index contributed by atoms with van der Waals surface area (Å²) in [6.07, 6.45) is 7.24. The van der Waals surface area contributed by atoms with Gasteiger partial charge in [-0.15, -0.1) is 0 Å². The van der Waals surface area contributed by atoms with E-state index in [2.05, 4.69) is 31.0 Å². The molecule has 0 spiro atoms. The number of hydrogen-bond donors (Lipinski definition) is 1. The molecule has 2 unspecified atom stereocenters. The number of nitrogens with zero attached hydrogens (tertiary/aromatic N) is 1. The zero-order chi connectivity index (χ0) is 11.8. The smallest absolute Gasteiger partial charge is 0.0449 e. The van der Waals surface area contributed by atoms with Crippen LogP contribution in [0.3, 0.4) is 0 Å². The summed E-state index contributed by atoms with van der Waals surface area (Å²) in [4.78, 5) is 4.06. The molecular weight excluding hydrogens is 216 g/mol. The lowest BCUT2D eigenvalue weighted by Crippen LogP contribution is -2.25. The van der Waals surface area contributed by atoms with Crippen LogP contribution in [0.4, 0.5) is 0 Å². The minimum absolute atomic E-state index is 0.240. The topological polar surface area (TPSA) is 38.9 Å². The maximum absolute atomic E-state index is 6.19. The van der Waals surface area contributed by atoms with Crippen molar-refractivity contribution in [3.05, 3.63) is 30.1 Å². The predicted molar refractivity (Wildman–Crippen MR) is 72.6 cm³/mol. The van der Waals surface area contributed by atoms with Crippen LogP contribution >= 0.6 is 11.8 Å². The molecule has 0 aliphatic rings. The molecule has 0 amide bonds. The van der Waals surface area contributed by atoms with E-state index in [-0.39, 0.29) is 6.04 Å². The molecule has 0 fully saturated rings. The molecule has 2 atom stereocenters. The van der Waals surface area contributed by atoms with E-state index in [0.717, 1.165) is 6.42 Å². The van der Waals surface area contributed by atoms with Gasteiger partial charge in [-0.2, -0.15) is 11.8 Å². The molecule has 0 radical (unpaired) electrons. The Bertz CT molecular complexity index is 277. The van der Waals surface area contributed by atoms with E-state index in [0.29, 0.717) is 5.25 Å². The lowest BCUT2D eigenvalue weighted by molar-refractivity contribution is 0.633. The highest BCUT2D eigenvalue weighted by atomic mass is 32.2. The Balaban J connectivity index is 2.64. The van der Waals surface area contributed by atoms with Crippen LogP contribution in [0.15, 0.2) is 24.5 Å². The fraction of sp³-hybridized carbons (Fsp3) is 0.615. The minimum atomic E-state index is 0.240. The second-order valence-electron chi connectivity index (χ2n) is 4.00. The highest BCUT2D eigenvalue weighted by molar-refractivity contribution is 7.99. The van der Waals surface area contributed by atoms with E-state index in [1.54, 1.807) is 0 Å². The van der Waals surface area contributed by atoms with Gasteiger partial charge in [-0.1, -0.05) is 20.3 Å². The summed E-state index contributed by atoms with van der Waals surface area (Å²) in [7, 11) is 0. The monoisotopic (exact) mass is 238 g/mol.